The van der Waals surface area contributed by atoms with Gasteiger partial charge in [-0.25, -0.2) is 9.59 Å². The first kappa shape index (κ1) is 45.9. The molecule has 0 spiro atoms. The number of aryl methyl sites for hydroxylation is 1. The fourth-order valence-electron chi connectivity index (χ4n) is 7.60. The minimum atomic E-state index is -1.22. The Balaban J connectivity index is 1.43. The largest absolute Gasteiger partial charge is 0.453 e. The predicted molar refractivity (Wildman–Crippen MR) is 232 cm³/mol. The topological polar surface area (TPSA) is 183 Å². The monoisotopic (exact) mass is 833 g/mol. The molecular formula is C47H59N7O7. The average Bonchev–Trinajstić information content (AvgIpc) is 3.47. The molecule has 2 aromatic heterocycles. The van der Waals surface area contributed by atoms with Crippen LogP contribution in [0.5, 0.6) is 0 Å². The third-order valence-corrected chi connectivity index (χ3v) is 10.7. The Hall–Kier alpha value is -6.15. The molecule has 0 aliphatic carbocycles. The van der Waals surface area contributed by atoms with E-state index < -0.39 is 70.9 Å². The molecule has 14 nitrogen and oxygen atoms in total. The van der Waals surface area contributed by atoms with Crippen LogP contribution in [0, 0.1) is 17.8 Å². The van der Waals surface area contributed by atoms with Gasteiger partial charge in [-0.3, -0.25) is 29.3 Å². The van der Waals surface area contributed by atoms with Crippen molar-refractivity contribution < 1.29 is 33.8 Å². The number of amides is 6. The number of aromatic nitrogens is 2. The SMILES string of the molecule is COC(=O)NC(C(=O)NC(Cc1ccc(-c2ccccn2)cc1)C(O)CC(Cc1ccccc1)NC(=O)C(N1CC(=O)N(Cc2cccc(C)n2)C1=O)C(C)(C)C)C(C)(C)C. The number of nitrogens with one attached hydrogen (secondary N) is 3. The Morgan fingerprint density at radius 3 is 2.07 bits per heavy atom. The van der Waals surface area contributed by atoms with E-state index in [9.17, 15) is 29.1 Å². The van der Waals surface area contributed by atoms with Crippen molar-refractivity contribution in [2.75, 3.05) is 13.7 Å². The maximum absolute atomic E-state index is 14.6. The van der Waals surface area contributed by atoms with Gasteiger partial charge in [0.15, 0.2) is 0 Å². The van der Waals surface area contributed by atoms with Crippen LogP contribution in [-0.4, -0.2) is 98.6 Å². The number of hydrogen-bond donors (Lipinski definition) is 4. The maximum atomic E-state index is 14.6. The number of alkyl carbamates (subject to hydrolysis) is 1. The van der Waals surface area contributed by atoms with Crippen molar-refractivity contribution in [3.05, 3.63) is 120 Å². The number of ether oxygens (including phenoxy) is 1. The second kappa shape index (κ2) is 19.9. The second-order valence-corrected chi connectivity index (χ2v) is 17.8. The van der Waals surface area contributed by atoms with Gasteiger partial charge in [0, 0.05) is 23.5 Å². The number of aliphatic hydroxyl groups is 1. The van der Waals surface area contributed by atoms with E-state index in [4.69, 9.17) is 4.74 Å². The number of benzene rings is 2. The highest BCUT2D eigenvalue weighted by molar-refractivity contribution is 6.04. The van der Waals surface area contributed by atoms with Gasteiger partial charge in [-0.15, -0.1) is 0 Å². The van der Waals surface area contributed by atoms with Gasteiger partial charge in [0.2, 0.25) is 11.8 Å². The summed E-state index contributed by atoms with van der Waals surface area (Å²) in [6, 6.07) is 24.0. The van der Waals surface area contributed by atoms with Crippen LogP contribution in [-0.2, 0) is 38.5 Å². The molecule has 6 amide bonds. The van der Waals surface area contributed by atoms with Crippen molar-refractivity contribution in [3.63, 3.8) is 0 Å². The maximum Gasteiger partial charge on any atom is 0.407 e. The molecule has 4 aromatic rings. The lowest BCUT2D eigenvalue weighted by Gasteiger charge is -2.37. The standard InChI is InChI=1S/C47H59N7O7/c1-30-15-14-18-34(49-30)28-53-39(56)29-54(45(53)60)41(47(5,6)7)43(58)50-35(25-31-16-10-9-11-17-31)27-38(55)37(51-42(57)40(46(2,3)4)52-44(59)61-8)26-32-20-22-33(23-21-32)36-19-12-13-24-48-36/h9-24,35,37-38,40-41,55H,25-29H2,1-8H3,(H,50,58)(H,51,57)(H,52,59). The Bertz CT molecular complexity index is 2140. The van der Waals surface area contributed by atoms with Gasteiger partial charge < -0.3 is 30.7 Å². The number of imide groups is 1. The number of nitrogens with zero attached hydrogens (tertiary/aromatic N) is 4. The summed E-state index contributed by atoms with van der Waals surface area (Å²) in [5, 5.41) is 21.0. The molecule has 1 fully saturated rings. The van der Waals surface area contributed by atoms with Crippen molar-refractivity contribution in [2.45, 2.75) is 105 Å². The molecule has 5 unspecified atom stereocenters. The van der Waals surface area contributed by atoms with Gasteiger partial charge in [0.1, 0.15) is 18.6 Å². The van der Waals surface area contributed by atoms with E-state index in [0.29, 0.717) is 12.1 Å². The molecule has 2 aromatic carbocycles. The lowest BCUT2D eigenvalue weighted by Crippen LogP contribution is -2.59. The quantitative estimate of drug-likeness (QED) is 0.104. The number of methoxy groups -OCH3 is 1. The first-order valence-corrected chi connectivity index (χ1v) is 20.5. The fraction of sp³-hybridized carbons (Fsp3) is 0.426. The summed E-state index contributed by atoms with van der Waals surface area (Å²) < 4.78 is 4.82. The van der Waals surface area contributed by atoms with E-state index in [-0.39, 0.29) is 25.9 Å². The van der Waals surface area contributed by atoms with E-state index in [0.717, 1.165) is 33.0 Å². The summed E-state index contributed by atoms with van der Waals surface area (Å²) in [6.07, 6.45) is 0.243. The highest BCUT2D eigenvalue weighted by Crippen LogP contribution is 2.30. The molecule has 1 saturated heterocycles. The zero-order valence-electron chi connectivity index (χ0n) is 36.3. The van der Waals surface area contributed by atoms with Gasteiger partial charge in [0.25, 0.3) is 5.91 Å². The highest BCUT2D eigenvalue weighted by Gasteiger charge is 2.47. The molecule has 5 rings (SSSR count). The zero-order valence-corrected chi connectivity index (χ0v) is 36.3. The van der Waals surface area contributed by atoms with Crippen molar-refractivity contribution in [3.8, 4) is 11.3 Å². The molecule has 1 aliphatic rings. The summed E-state index contributed by atoms with van der Waals surface area (Å²) in [6.45, 7) is 12.4. The van der Waals surface area contributed by atoms with Crippen molar-refractivity contribution in [1.29, 1.82) is 0 Å². The third kappa shape index (κ3) is 12.4. The predicted octanol–water partition coefficient (Wildman–Crippen LogP) is 5.61. The first-order chi connectivity index (χ1) is 28.8. The van der Waals surface area contributed by atoms with Gasteiger partial charge in [-0.2, -0.15) is 0 Å². The summed E-state index contributed by atoms with van der Waals surface area (Å²) in [7, 11) is 1.22. The molecule has 4 N–H and O–H groups in total. The van der Waals surface area contributed by atoms with Crippen molar-refractivity contribution in [2.24, 2.45) is 10.8 Å². The van der Waals surface area contributed by atoms with Gasteiger partial charge in [-0.1, -0.05) is 108 Å². The van der Waals surface area contributed by atoms with Gasteiger partial charge in [-0.05, 0) is 72.4 Å². The van der Waals surface area contributed by atoms with Gasteiger partial charge in [0.05, 0.1) is 37.2 Å². The van der Waals surface area contributed by atoms with E-state index in [1.54, 1.807) is 12.3 Å². The van der Waals surface area contributed by atoms with E-state index in [1.807, 2.05) is 133 Å². The number of rotatable bonds is 16. The lowest BCUT2D eigenvalue weighted by atomic mass is 9.84. The number of urea groups is 1. The Morgan fingerprint density at radius 2 is 1.46 bits per heavy atom. The zero-order chi connectivity index (χ0) is 44.5. The molecule has 14 heteroatoms. The summed E-state index contributed by atoms with van der Waals surface area (Å²) in [5.74, 6) is -1.45. The smallest absolute Gasteiger partial charge is 0.407 e. The van der Waals surface area contributed by atoms with E-state index >= 15 is 0 Å². The number of hydrogen-bond acceptors (Lipinski definition) is 9. The van der Waals surface area contributed by atoms with Crippen LogP contribution >= 0.6 is 0 Å². The van der Waals surface area contributed by atoms with Crippen LogP contribution in [0.1, 0.15) is 70.5 Å². The van der Waals surface area contributed by atoms with Crippen molar-refractivity contribution in [1.82, 2.24) is 35.7 Å². The summed E-state index contributed by atoms with van der Waals surface area (Å²) in [5.41, 5.74) is 3.16. The molecule has 0 radical (unpaired) electrons. The van der Waals surface area contributed by atoms with Crippen LogP contribution in [0.25, 0.3) is 11.3 Å². The number of carbonyl (C=O) groups is 5. The molecule has 0 saturated carbocycles. The molecule has 3 heterocycles. The lowest BCUT2D eigenvalue weighted by molar-refractivity contribution is -0.131. The Kier molecular flexibility index (Phi) is 15.0. The third-order valence-electron chi connectivity index (χ3n) is 10.7. The van der Waals surface area contributed by atoms with Crippen LogP contribution in [0.2, 0.25) is 0 Å². The van der Waals surface area contributed by atoms with E-state index in [1.165, 1.54) is 12.0 Å². The fourth-order valence-corrected chi connectivity index (χ4v) is 7.60. The van der Waals surface area contributed by atoms with Crippen molar-refractivity contribution >= 4 is 29.8 Å². The Morgan fingerprint density at radius 1 is 0.787 bits per heavy atom. The first-order valence-electron chi connectivity index (χ1n) is 20.5. The summed E-state index contributed by atoms with van der Waals surface area (Å²) >= 11 is 0. The van der Waals surface area contributed by atoms with E-state index in [2.05, 4.69) is 25.9 Å². The number of carbonyl (C=O) groups excluding carboxylic acids is 5. The summed E-state index contributed by atoms with van der Waals surface area (Å²) in [4.78, 5) is 79.6. The molecule has 1 aliphatic heterocycles. The number of pyridine rings is 2. The van der Waals surface area contributed by atoms with Crippen LogP contribution < -0.4 is 16.0 Å². The minimum Gasteiger partial charge on any atom is -0.453 e. The molecule has 61 heavy (non-hydrogen) atoms. The van der Waals surface area contributed by atoms with Crippen LogP contribution in [0.15, 0.2) is 97.2 Å². The minimum absolute atomic E-state index is 0.00287. The molecule has 0 bridgehead atoms. The molecular weight excluding hydrogens is 775 g/mol. The number of aliphatic hydroxyl groups excluding tert-OH is 1. The average molecular weight is 834 g/mol. The van der Waals surface area contributed by atoms with Crippen LogP contribution in [0.4, 0.5) is 9.59 Å². The Labute approximate surface area is 358 Å². The van der Waals surface area contributed by atoms with Gasteiger partial charge >= 0.3 is 12.1 Å². The highest BCUT2D eigenvalue weighted by atomic mass is 16.5. The normalized spacial score (nSPS) is 15.7. The second-order valence-electron chi connectivity index (χ2n) is 17.8. The molecule has 324 valence electrons. The molecule has 5 atom stereocenters. The van der Waals surface area contributed by atoms with Crippen LogP contribution in [0.3, 0.4) is 0 Å².